The van der Waals surface area contributed by atoms with Crippen LogP contribution in [0.15, 0.2) is 29.3 Å². The Balaban J connectivity index is 1.99. The maximum absolute atomic E-state index is 5.91. The van der Waals surface area contributed by atoms with Crippen molar-refractivity contribution >= 4 is 23.0 Å². The van der Waals surface area contributed by atoms with Crippen molar-refractivity contribution in [3.63, 3.8) is 0 Å². The minimum Gasteiger partial charge on any atom is -0.370 e. The molecule has 3 N–H and O–H groups in total. The number of hydrogen-bond acceptors (Lipinski definition) is 3. The first-order valence-corrected chi connectivity index (χ1v) is 7.49. The van der Waals surface area contributed by atoms with Crippen LogP contribution >= 0.6 is 11.3 Å². The summed E-state index contributed by atoms with van der Waals surface area (Å²) in [5.74, 6) is 0.420. The van der Waals surface area contributed by atoms with Crippen molar-refractivity contribution in [3.8, 4) is 0 Å². The summed E-state index contributed by atoms with van der Waals surface area (Å²) in [6.07, 6.45) is 1.00. The monoisotopic (exact) mass is 288 g/mol. The quantitative estimate of drug-likeness (QED) is 0.670. The second-order valence-electron chi connectivity index (χ2n) is 4.63. The number of hydrogen-bond donors (Lipinski definition) is 2. The van der Waals surface area contributed by atoms with Crippen molar-refractivity contribution in [1.82, 2.24) is 4.98 Å². The number of guanidine groups is 1. The van der Waals surface area contributed by atoms with E-state index >= 15 is 0 Å². The molecule has 2 aromatic rings. The van der Waals surface area contributed by atoms with Crippen molar-refractivity contribution in [2.24, 2.45) is 10.7 Å². The fourth-order valence-corrected chi connectivity index (χ4v) is 2.67. The highest BCUT2D eigenvalue weighted by atomic mass is 32.1. The Bertz CT molecular complexity index is 597. The van der Waals surface area contributed by atoms with Gasteiger partial charge >= 0.3 is 0 Å². The summed E-state index contributed by atoms with van der Waals surface area (Å²) in [4.78, 5) is 10.0. The Morgan fingerprint density at radius 3 is 2.85 bits per heavy atom. The lowest BCUT2D eigenvalue weighted by Crippen LogP contribution is -2.22. The summed E-state index contributed by atoms with van der Waals surface area (Å²) < 4.78 is 0. The van der Waals surface area contributed by atoms with Gasteiger partial charge in [0.1, 0.15) is 5.01 Å². The number of nitrogens with two attached hydrogens (primary N) is 1. The second kappa shape index (κ2) is 6.52. The summed E-state index contributed by atoms with van der Waals surface area (Å²) in [6, 6.07) is 8.18. The van der Waals surface area contributed by atoms with Crippen LogP contribution in [-0.2, 0) is 13.0 Å². The van der Waals surface area contributed by atoms with Gasteiger partial charge in [-0.25, -0.2) is 9.98 Å². The van der Waals surface area contributed by atoms with Crippen LogP contribution < -0.4 is 11.1 Å². The highest BCUT2D eigenvalue weighted by Gasteiger charge is 2.03. The Morgan fingerprint density at radius 1 is 1.40 bits per heavy atom. The van der Waals surface area contributed by atoms with Gasteiger partial charge in [-0.15, -0.1) is 11.3 Å². The van der Waals surface area contributed by atoms with Gasteiger partial charge < -0.3 is 11.1 Å². The Hall–Kier alpha value is -1.88. The molecule has 1 aromatic carbocycles. The number of benzene rings is 1. The van der Waals surface area contributed by atoms with Crippen LogP contribution in [0.5, 0.6) is 0 Å². The third-order valence-electron chi connectivity index (χ3n) is 3.07. The molecule has 0 amide bonds. The molecule has 0 atom stereocenters. The SMILES string of the molecule is CCc1cccc(NC(N)=NCc2nc(C)c(C)s2)c1. The van der Waals surface area contributed by atoms with Crippen LogP contribution in [0.1, 0.15) is 28.1 Å². The molecule has 2 rings (SSSR count). The van der Waals surface area contributed by atoms with Gasteiger partial charge in [0.05, 0.1) is 12.2 Å². The fourth-order valence-electron chi connectivity index (χ4n) is 1.82. The Kier molecular flexibility index (Phi) is 4.74. The van der Waals surface area contributed by atoms with Crippen LogP contribution in [-0.4, -0.2) is 10.9 Å². The lowest BCUT2D eigenvalue weighted by Gasteiger charge is -2.06. The number of thiazole rings is 1. The van der Waals surface area contributed by atoms with E-state index in [4.69, 9.17) is 5.73 Å². The molecular formula is C15H20N4S. The van der Waals surface area contributed by atoms with Crippen molar-refractivity contribution in [1.29, 1.82) is 0 Å². The van der Waals surface area contributed by atoms with Gasteiger partial charge in [0, 0.05) is 10.6 Å². The normalized spacial score (nSPS) is 11.7. The molecule has 4 nitrogen and oxygen atoms in total. The van der Waals surface area contributed by atoms with E-state index in [0.29, 0.717) is 12.5 Å². The summed E-state index contributed by atoms with van der Waals surface area (Å²) >= 11 is 1.67. The number of aromatic nitrogens is 1. The fraction of sp³-hybridized carbons (Fsp3) is 0.333. The molecular weight excluding hydrogens is 268 g/mol. The van der Waals surface area contributed by atoms with E-state index in [2.05, 4.69) is 41.3 Å². The molecule has 0 aliphatic rings. The molecule has 0 aliphatic heterocycles. The lowest BCUT2D eigenvalue weighted by molar-refractivity contribution is 1.01. The third-order valence-corrected chi connectivity index (χ3v) is 4.12. The zero-order valence-corrected chi connectivity index (χ0v) is 12.9. The van der Waals surface area contributed by atoms with E-state index in [1.807, 2.05) is 19.1 Å². The van der Waals surface area contributed by atoms with Crippen molar-refractivity contribution in [2.45, 2.75) is 33.7 Å². The van der Waals surface area contributed by atoms with Gasteiger partial charge in [-0.05, 0) is 38.0 Å². The van der Waals surface area contributed by atoms with Crippen molar-refractivity contribution in [3.05, 3.63) is 45.4 Å². The molecule has 0 aliphatic carbocycles. The standard InChI is InChI=1S/C15H20N4S/c1-4-12-6-5-7-13(8-12)19-15(16)17-9-14-18-10(2)11(3)20-14/h5-8H,4,9H2,1-3H3,(H3,16,17,19). The highest BCUT2D eigenvalue weighted by Crippen LogP contribution is 2.17. The van der Waals surface area contributed by atoms with E-state index in [9.17, 15) is 0 Å². The van der Waals surface area contributed by atoms with Crippen molar-refractivity contribution in [2.75, 3.05) is 5.32 Å². The van der Waals surface area contributed by atoms with Crippen LogP contribution in [0.4, 0.5) is 5.69 Å². The first-order chi connectivity index (χ1) is 9.58. The smallest absolute Gasteiger partial charge is 0.193 e. The predicted molar refractivity (Wildman–Crippen MR) is 86.4 cm³/mol. The maximum atomic E-state index is 5.91. The van der Waals surface area contributed by atoms with E-state index in [1.165, 1.54) is 10.4 Å². The van der Waals surface area contributed by atoms with Crippen LogP contribution in [0.3, 0.4) is 0 Å². The number of aliphatic imine (C=N–C) groups is 1. The first-order valence-electron chi connectivity index (χ1n) is 6.67. The number of nitrogens with one attached hydrogen (secondary N) is 1. The van der Waals surface area contributed by atoms with E-state index in [-0.39, 0.29) is 0 Å². The van der Waals surface area contributed by atoms with Gasteiger partial charge in [-0.1, -0.05) is 19.1 Å². The Labute approximate surface area is 123 Å². The molecule has 0 spiro atoms. The van der Waals surface area contributed by atoms with Gasteiger partial charge in [-0.2, -0.15) is 0 Å². The molecule has 0 unspecified atom stereocenters. The number of aryl methyl sites for hydroxylation is 3. The summed E-state index contributed by atoms with van der Waals surface area (Å²) in [6.45, 7) is 6.73. The molecule has 0 radical (unpaired) electrons. The average Bonchev–Trinajstić information content (AvgIpc) is 2.76. The minimum atomic E-state index is 0.420. The topological polar surface area (TPSA) is 63.3 Å². The lowest BCUT2D eigenvalue weighted by atomic mass is 10.1. The molecule has 0 fully saturated rings. The average molecular weight is 288 g/mol. The first kappa shape index (κ1) is 14.5. The van der Waals surface area contributed by atoms with Crippen LogP contribution in [0.2, 0.25) is 0 Å². The molecule has 20 heavy (non-hydrogen) atoms. The highest BCUT2D eigenvalue weighted by molar-refractivity contribution is 7.11. The molecule has 0 bridgehead atoms. The number of anilines is 1. The maximum Gasteiger partial charge on any atom is 0.193 e. The molecule has 106 valence electrons. The molecule has 1 aromatic heterocycles. The molecule has 0 saturated heterocycles. The van der Waals surface area contributed by atoms with E-state index in [0.717, 1.165) is 22.8 Å². The van der Waals surface area contributed by atoms with Crippen molar-refractivity contribution < 1.29 is 0 Å². The molecule has 0 saturated carbocycles. The summed E-state index contributed by atoms with van der Waals surface area (Å²) in [7, 11) is 0. The summed E-state index contributed by atoms with van der Waals surface area (Å²) in [5.41, 5.74) is 9.22. The van der Waals surface area contributed by atoms with Gasteiger partial charge in [0.2, 0.25) is 0 Å². The van der Waals surface area contributed by atoms with E-state index in [1.54, 1.807) is 11.3 Å². The zero-order chi connectivity index (χ0) is 14.5. The minimum absolute atomic E-state index is 0.420. The number of nitrogens with zero attached hydrogens (tertiary/aromatic N) is 2. The third kappa shape index (κ3) is 3.81. The van der Waals surface area contributed by atoms with Crippen LogP contribution in [0, 0.1) is 13.8 Å². The molecule has 1 heterocycles. The van der Waals surface area contributed by atoms with Gasteiger partial charge in [0.15, 0.2) is 5.96 Å². The molecule has 5 heteroatoms. The van der Waals surface area contributed by atoms with E-state index < -0.39 is 0 Å². The van der Waals surface area contributed by atoms with Gasteiger partial charge in [-0.3, -0.25) is 0 Å². The zero-order valence-electron chi connectivity index (χ0n) is 12.1. The van der Waals surface area contributed by atoms with Gasteiger partial charge in [0.25, 0.3) is 0 Å². The predicted octanol–water partition coefficient (Wildman–Crippen LogP) is 3.25. The number of rotatable bonds is 4. The summed E-state index contributed by atoms with van der Waals surface area (Å²) in [5, 5.41) is 4.11. The Morgan fingerprint density at radius 2 is 2.20 bits per heavy atom. The second-order valence-corrected chi connectivity index (χ2v) is 5.92. The largest absolute Gasteiger partial charge is 0.370 e. The van der Waals surface area contributed by atoms with Crippen LogP contribution in [0.25, 0.3) is 0 Å².